The van der Waals surface area contributed by atoms with Crippen molar-refractivity contribution in [2.75, 3.05) is 5.32 Å². The Balaban J connectivity index is 1.77. The fourth-order valence-electron chi connectivity index (χ4n) is 2.83. The molecule has 6 heteroatoms. The van der Waals surface area contributed by atoms with E-state index in [1.165, 1.54) is 15.6 Å². The number of hydrogen-bond donors (Lipinski definition) is 1. The zero-order valence-corrected chi connectivity index (χ0v) is 13.5. The lowest BCUT2D eigenvalue weighted by Crippen LogP contribution is -2.23. The monoisotopic (exact) mass is 312 g/mol. The molecule has 23 heavy (non-hydrogen) atoms. The SMILES string of the molecule is Cn1cnn(-c2ccc(NC(=O)C3=CCCC3(C)C)cc2)c1=O. The maximum Gasteiger partial charge on any atom is 0.350 e. The minimum Gasteiger partial charge on any atom is -0.322 e. The maximum absolute atomic E-state index is 12.4. The molecule has 1 amide bonds. The maximum atomic E-state index is 12.4. The normalized spacial score (nSPS) is 16.2. The van der Waals surface area contributed by atoms with Crippen LogP contribution in [0.3, 0.4) is 0 Å². The van der Waals surface area contributed by atoms with Crippen LogP contribution in [0.5, 0.6) is 0 Å². The molecule has 0 saturated carbocycles. The molecule has 0 bridgehead atoms. The fraction of sp³-hybridized carbons (Fsp3) is 0.353. The molecule has 0 saturated heterocycles. The minimum absolute atomic E-state index is 0.0600. The summed E-state index contributed by atoms with van der Waals surface area (Å²) in [4.78, 5) is 24.3. The summed E-state index contributed by atoms with van der Waals surface area (Å²) < 4.78 is 2.72. The van der Waals surface area contributed by atoms with E-state index in [9.17, 15) is 9.59 Å². The molecule has 0 fully saturated rings. The third kappa shape index (κ3) is 2.84. The lowest BCUT2D eigenvalue weighted by Gasteiger charge is -2.21. The summed E-state index contributed by atoms with van der Waals surface area (Å²) >= 11 is 0. The molecular weight excluding hydrogens is 292 g/mol. The number of nitrogens with one attached hydrogen (secondary N) is 1. The van der Waals surface area contributed by atoms with Crippen molar-refractivity contribution in [3.05, 3.63) is 52.7 Å². The molecule has 1 aromatic carbocycles. The third-order valence-corrected chi connectivity index (χ3v) is 4.28. The van der Waals surface area contributed by atoms with Crippen molar-refractivity contribution in [2.24, 2.45) is 12.5 Å². The molecule has 6 nitrogen and oxygen atoms in total. The summed E-state index contributed by atoms with van der Waals surface area (Å²) in [7, 11) is 1.65. The van der Waals surface area contributed by atoms with Crippen LogP contribution in [-0.4, -0.2) is 20.3 Å². The second kappa shape index (κ2) is 5.53. The highest BCUT2D eigenvalue weighted by Gasteiger charge is 2.31. The van der Waals surface area contributed by atoms with E-state index in [1.54, 1.807) is 31.3 Å². The summed E-state index contributed by atoms with van der Waals surface area (Å²) in [5, 5.41) is 6.95. The highest BCUT2D eigenvalue weighted by molar-refractivity contribution is 6.04. The van der Waals surface area contributed by atoms with Crippen LogP contribution in [0, 0.1) is 5.41 Å². The topological polar surface area (TPSA) is 68.9 Å². The van der Waals surface area contributed by atoms with E-state index < -0.39 is 0 Å². The summed E-state index contributed by atoms with van der Waals surface area (Å²) in [6.45, 7) is 4.17. The molecule has 1 aromatic heterocycles. The standard InChI is InChI=1S/C17H20N4O2/c1-17(2)10-4-5-14(17)15(22)19-12-6-8-13(9-7-12)21-16(23)20(3)11-18-21/h5-9,11H,4,10H2,1-3H3,(H,19,22). The largest absolute Gasteiger partial charge is 0.350 e. The van der Waals surface area contributed by atoms with Gasteiger partial charge in [-0.2, -0.15) is 9.78 Å². The van der Waals surface area contributed by atoms with Gasteiger partial charge in [-0.05, 0) is 42.5 Å². The van der Waals surface area contributed by atoms with Crippen molar-refractivity contribution in [1.82, 2.24) is 14.3 Å². The Morgan fingerprint density at radius 3 is 2.48 bits per heavy atom. The van der Waals surface area contributed by atoms with E-state index >= 15 is 0 Å². The fourth-order valence-corrected chi connectivity index (χ4v) is 2.83. The Hall–Kier alpha value is -2.63. The number of carbonyl (C=O) groups is 1. The van der Waals surface area contributed by atoms with Gasteiger partial charge in [-0.25, -0.2) is 4.79 Å². The van der Waals surface area contributed by atoms with Crippen molar-refractivity contribution in [3.63, 3.8) is 0 Å². The van der Waals surface area contributed by atoms with Gasteiger partial charge in [0.05, 0.1) is 5.69 Å². The molecule has 0 atom stereocenters. The van der Waals surface area contributed by atoms with Crippen LogP contribution in [0.2, 0.25) is 0 Å². The van der Waals surface area contributed by atoms with Gasteiger partial charge in [-0.15, -0.1) is 0 Å². The van der Waals surface area contributed by atoms with E-state index in [0.717, 1.165) is 18.4 Å². The van der Waals surface area contributed by atoms with Crippen LogP contribution >= 0.6 is 0 Å². The molecule has 0 radical (unpaired) electrons. The number of aromatic nitrogens is 3. The number of rotatable bonds is 3. The second-order valence-electron chi connectivity index (χ2n) is 6.48. The minimum atomic E-state index is -0.209. The average molecular weight is 312 g/mol. The first-order valence-corrected chi connectivity index (χ1v) is 7.61. The molecule has 120 valence electrons. The Morgan fingerprint density at radius 1 is 1.26 bits per heavy atom. The van der Waals surface area contributed by atoms with Gasteiger partial charge in [0.15, 0.2) is 0 Å². The van der Waals surface area contributed by atoms with E-state index in [0.29, 0.717) is 11.4 Å². The van der Waals surface area contributed by atoms with Crippen molar-refractivity contribution < 1.29 is 4.79 Å². The number of hydrogen-bond acceptors (Lipinski definition) is 3. The Bertz CT molecular complexity index is 825. The molecule has 3 rings (SSSR count). The molecule has 1 heterocycles. The van der Waals surface area contributed by atoms with Crippen LogP contribution in [0.1, 0.15) is 26.7 Å². The van der Waals surface area contributed by atoms with Crippen LogP contribution in [0.15, 0.2) is 47.0 Å². The first-order chi connectivity index (χ1) is 10.9. The third-order valence-electron chi connectivity index (χ3n) is 4.28. The lowest BCUT2D eigenvalue weighted by molar-refractivity contribution is -0.113. The molecular formula is C17H20N4O2. The smallest absolute Gasteiger partial charge is 0.322 e. The highest BCUT2D eigenvalue weighted by Crippen LogP contribution is 2.38. The van der Waals surface area contributed by atoms with Crippen LogP contribution in [0.25, 0.3) is 5.69 Å². The van der Waals surface area contributed by atoms with Crippen molar-refractivity contribution in [2.45, 2.75) is 26.7 Å². The number of allylic oxidation sites excluding steroid dienone is 1. The summed E-state index contributed by atoms with van der Waals surface area (Å²) in [6, 6.07) is 7.07. The number of nitrogens with zero attached hydrogens (tertiary/aromatic N) is 3. The first kappa shape index (κ1) is 15.3. The first-order valence-electron chi connectivity index (χ1n) is 7.61. The van der Waals surface area contributed by atoms with Crippen molar-refractivity contribution in [1.29, 1.82) is 0 Å². The molecule has 1 N–H and O–H groups in total. The van der Waals surface area contributed by atoms with Crippen molar-refractivity contribution >= 4 is 11.6 Å². The number of amides is 1. The lowest BCUT2D eigenvalue weighted by atomic mass is 9.85. The van der Waals surface area contributed by atoms with Gasteiger partial charge in [0, 0.05) is 18.3 Å². The molecule has 0 spiro atoms. The zero-order chi connectivity index (χ0) is 16.6. The van der Waals surface area contributed by atoms with Crippen molar-refractivity contribution in [3.8, 4) is 5.69 Å². The molecule has 0 aliphatic heterocycles. The van der Waals surface area contributed by atoms with Crippen LogP contribution in [-0.2, 0) is 11.8 Å². The Labute approximate surface area is 134 Å². The van der Waals surface area contributed by atoms with Gasteiger partial charge in [0.2, 0.25) is 0 Å². The summed E-state index contributed by atoms with van der Waals surface area (Å²) in [6.07, 6.45) is 5.42. The summed E-state index contributed by atoms with van der Waals surface area (Å²) in [5.41, 5.74) is 1.91. The van der Waals surface area contributed by atoms with Gasteiger partial charge in [-0.1, -0.05) is 19.9 Å². The van der Waals surface area contributed by atoms with Crippen LogP contribution in [0.4, 0.5) is 5.69 Å². The second-order valence-corrected chi connectivity index (χ2v) is 6.48. The van der Waals surface area contributed by atoms with Gasteiger partial charge in [0.1, 0.15) is 6.33 Å². The zero-order valence-electron chi connectivity index (χ0n) is 13.5. The Kier molecular flexibility index (Phi) is 3.67. The van der Waals surface area contributed by atoms with E-state index in [-0.39, 0.29) is 17.0 Å². The van der Waals surface area contributed by atoms with Gasteiger partial charge in [0.25, 0.3) is 5.91 Å². The van der Waals surface area contributed by atoms with Crippen LogP contribution < -0.4 is 11.0 Å². The quantitative estimate of drug-likeness (QED) is 0.945. The van der Waals surface area contributed by atoms with E-state index in [4.69, 9.17) is 0 Å². The summed E-state index contributed by atoms with van der Waals surface area (Å²) in [5.74, 6) is -0.0600. The number of benzene rings is 1. The molecule has 1 aliphatic carbocycles. The van der Waals surface area contributed by atoms with Gasteiger partial charge >= 0.3 is 5.69 Å². The predicted molar refractivity (Wildman–Crippen MR) is 88.5 cm³/mol. The number of aryl methyl sites for hydroxylation is 1. The highest BCUT2D eigenvalue weighted by atomic mass is 16.2. The van der Waals surface area contributed by atoms with Gasteiger partial charge < -0.3 is 5.32 Å². The number of anilines is 1. The average Bonchev–Trinajstić information content (AvgIpc) is 3.03. The van der Waals surface area contributed by atoms with E-state index in [1.807, 2.05) is 6.08 Å². The predicted octanol–water partition coefficient (Wildman–Crippen LogP) is 2.26. The van der Waals surface area contributed by atoms with Gasteiger partial charge in [-0.3, -0.25) is 9.36 Å². The van der Waals surface area contributed by atoms with E-state index in [2.05, 4.69) is 24.3 Å². The Morgan fingerprint density at radius 2 is 1.96 bits per heavy atom. The molecule has 0 unspecified atom stereocenters. The molecule has 1 aliphatic rings. The molecule has 2 aromatic rings. The number of carbonyl (C=O) groups excluding carboxylic acids is 1.